The van der Waals surface area contributed by atoms with E-state index in [0.717, 1.165) is 6.33 Å². The molecule has 2 rings (SSSR count). The second kappa shape index (κ2) is 9.87. The van der Waals surface area contributed by atoms with Gasteiger partial charge in [0.1, 0.15) is 18.5 Å². The highest BCUT2D eigenvalue weighted by Gasteiger charge is 2.30. The number of ether oxygens (including phenoxy) is 3. The Morgan fingerprint density at radius 1 is 1.25 bits per heavy atom. The van der Waals surface area contributed by atoms with Gasteiger partial charge in [0.05, 0.1) is 12.0 Å². The summed E-state index contributed by atoms with van der Waals surface area (Å²) in [5.41, 5.74) is 0.893. The number of nitro groups is 1. The lowest BCUT2D eigenvalue weighted by Crippen LogP contribution is -2.33. The van der Waals surface area contributed by atoms with Crippen molar-refractivity contribution in [2.45, 2.75) is 26.4 Å². The number of hydrazine groups is 1. The summed E-state index contributed by atoms with van der Waals surface area (Å²) in [4.78, 5) is 43.9. The second-order valence-corrected chi connectivity index (χ2v) is 7.49. The van der Waals surface area contributed by atoms with Crippen molar-refractivity contribution >= 4 is 23.4 Å². The van der Waals surface area contributed by atoms with Gasteiger partial charge in [-0.2, -0.15) is 4.98 Å². The van der Waals surface area contributed by atoms with Gasteiger partial charge < -0.3 is 19.1 Å². The molecule has 1 amide bonds. The minimum atomic E-state index is -0.723. The van der Waals surface area contributed by atoms with Crippen molar-refractivity contribution in [3.63, 3.8) is 0 Å². The molecule has 3 N–H and O–H groups in total. The van der Waals surface area contributed by atoms with Gasteiger partial charge >= 0.3 is 17.5 Å². The van der Waals surface area contributed by atoms with Crippen LogP contribution in [0.15, 0.2) is 24.5 Å². The van der Waals surface area contributed by atoms with Gasteiger partial charge in [0.2, 0.25) is 5.82 Å². The van der Waals surface area contributed by atoms with E-state index >= 15 is 0 Å². The fourth-order valence-electron chi connectivity index (χ4n) is 2.59. The Morgan fingerprint density at radius 3 is 2.50 bits per heavy atom. The number of esters is 1. The smallest absolute Gasteiger partial charge is 0.373 e. The van der Waals surface area contributed by atoms with E-state index in [1.165, 1.54) is 37.3 Å². The highest BCUT2D eigenvalue weighted by Crippen LogP contribution is 2.38. The zero-order chi connectivity index (χ0) is 24.1. The van der Waals surface area contributed by atoms with Crippen LogP contribution in [0.3, 0.4) is 0 Å². The van der Waals surface area contributed by atoms with E-state index in [2.05, 4.69) is 9.97 Å². The number of nitrogens with zero attached hydrogens (tertiary/aromatic N) is 4. The molecule has 1 heterocycles. The van der Waals surface area contributed by atoms with Crippen molar-refractivity contribution in [3.05, 3.63) is 40.2 Å². The van der Waals surface area contributed by atoms with Crippen molar-refractivity contribution < 1.29 is 28.7 Å². The first-order valence-corrected chi connectivity index (χ1v) is 9.26. The molecule has 13 nitrogen and oxygen atoms in total. The third-order valence-electron chi connectivity index (χ3n) is 3.86. The lowest BCUT2D eigenvalue weighted by molar-refractivity contribution is -0.385. The Kier molecular flexibility index (Phi) is 7.49. The maximum absolute atomic E-state index is 12.1. The number of carbonyl (C=O) groups excluding carboxylic acids is 2. The third-order valence-corrected chi connectivity index (χ3v) is 3.86. The number of amides is 1. The summed E-state index contributed by atoms with van der Waals surface area (Å²) in [6, 6.07) is 4.11. The monoisotopic (exact) mass is 448 g/mol. The molecule has 0 saturated carbocycles. The zero-order valence-corrected chi connectivity index (χ0v) is 18.2. The Hall–Kier alpha value is -4.00. The molecule has 13 heteroatoms. The van der Waals surface area contributed by atoms with E-state index in [-0.39, 0.29) is 35.3 Å². The Bertz CT molecular complexity index is 1020. The Morgan fingerprint density at radius 2 is 1.94 bits per heavy atom. The fraction of sp³-hybridized carbons (Fsp3) is 0.368. The number of aromatic nitrogens is 2. The summed E-state index contributed by atoms with van der Waals surface area (Å²) in [5.74, 6) is 3.61. The van der Waals surface area contributed by atoms with E-state index in [0.29, 0.717) is 0 Å². The summed E-state index contributed by atoms with van der Waals surface area (Å²) < 4.78 is 16.1. The van der Waals surface area contributed by atoms with Gasteiger partial charge in [0, 0.05) is 12.6 Å². The molecule has 0 radical (unpaired) electrons. The minimum Gasteiger partial charge on any atom is -0.493 e. The molecule has 0 atom stereocenters. The van der Waals surface area contributed by atoms with Crippen LogP contribution >= 0.6 is 0 Å². The van der Waals surface area contributed by atoms with Crippen LogP contribution in [-0.4, -0.2) is 53.1 Å². The number of nitrogen functional groups attached to an aromatic ring is 1. The number of likely N-dealkylation sites (N-methyl/N-ethyl adjacent to an activating group) is 1. The SMILES string of the molecule is COc1cc(C(=O)NN)ccc1Oc1ncnc(N(C)CC(=O)OC(C)(C)C)c1[N+](=O)[O-]. The van der Waals surface area contributed by atoms with Crippen molar-refractivity contribution in [2.24, 2.45) is 5.84 Å². The summed E-state index contributed by atoms with van der Waals surface area (Å²) in [6.07, 6.45) is 1.06. The topological polar surface area (TPSA) is 172 Å². The highest BCUT2D eigenvalue weighted by molar-refractivity contribution is 5.94. The molecule has 0 aliphatic carbocycles. The van der Waals surface area contributed by atoms with Crippen LogP contribution in [0.2, 0.25) is 0 Å². The van der Waals surface area contributed by atoms with Crippen LogP contribution in [0.25, 0.3) is 0 Å². The average molecular weight is 448 g/mol. The molecule has 0 aliphatic heterocycles. The van der Waals surface area contributed by atoms with E-state index in [9.17, 15) is 19.7 Å². The van der Waals surface area contributed by atoms with Crippen molar-refractivity contribution in [1.29, 1.82) is 0 Å². The van der Waals surface area contributed by atoms with Crippen LogP contribution in [0, 0.1) is 10.1 Å². The van der Waals surface area contributed by atoms with Crippen LogP contribution < -0.4 is 25.6 Å². The molecule has 2 aromatic rings. The molecule has 0 aliphatic rings. The quantitative estimate of drug-likeness (QED) is 0.197. The number of carbonyl (C=O) groups is 2. The van der Waals surface area contributed by atoms with Crippen molar-refractivity contribution in [2.75, 3.05) is 25.6 Å². The van der Waals surface area contributed by atoms with E-state index < -0.39 is 28.1 Å². The number of nitrogens with two attached hydrogens (primary N) is 1. The molecule has 0 fully saturated rings. The largest absolute Gasteiger partial charge is 0.493 e. The number of benzene rings is 1. The van der Waals surface area contributed by atoms with Gasteiger partial charge in [-0.25, -0.2) is 10.8 Å². The number of methoxy groups -OCH3 is 1. The lowest BCUT2D eigenvalue weighted by Gasteiger charge is -2.23. The Balaban J connectivity index is 2.39. The first-order chi connectivity index (χ1) is 15.0. The Labute approximate surface area is 183 Å². The first kappa shape index (κ1) is 24.3. The molecular formula is C19H24N6O7. The number of hydrogen-bond donors (Lipinski definition) is 2. The summed E-state index contributed by atoms with van der Waals surface area (Å²) in [6.45, 7) is 4.83. The van der Waals surface area contributed by atoms with Crippen molar-refractivity contribution in [1.82, 2.24) is 15.4 Å². The molecule has 0 unspecified atom stereocenters. The van der Waals surface area contributed by atoms with Gasteiger partial charge in [-0.3, -0.25) is 25.1 Å². The predicted octanol–water partition coefficient (Wildman–Crippen LogP) is 1.57. The van der Waals surface area contributed by atoms with E-state index in [1.54, 1.807) is 20.8 Å². The van der Waals surface area contributed by atoms with Gasteiger partial charge in [-0.15, -0.1) is 0 Å². The average Bonchev–Trinajstić information content (AvgIpc) is 2.71. The molecule has 32 heavy (non-hydrogen) atoms. The minimum absolute atomic E-state index is 0.0589. The predicted molar refractivity (Wildman–Crippen MR) is 113 cm³/mol. The summed E-state index contributed by atoms with van der Waals surface area (Å²) in [7, 11) is 2.78. The number of nitrogens with one attached hydrogen (secondary N) is 1. The van der Waals surface area contributed by atoms with Crippen molar-refractivity contribution in [3.8, 4) is 17.4 Å². The van der Waals surface area contributed by atoms with E-state index in [4.69, 9.17) is 20.1 Å². The van der Waals surface area contributed by atoms with Gasteiger partial charge in [-0.1, -0.05) is 0 Å². The van der Waals surface area contributed by atoms with Crippen LogP contribution in [0.4, 0.5) is 11.5 Å². The third kappa shape index (κ3) is 6.01. The zero-order valence-electron chi connectivity index (χ0n) is 18.2. The highest BCUT2D eigenvalue weighted by atomic mass is 16.6. The maximum Gasteiger partial charge on any atom is 0.373 e. The normalized spacial score (nSPS) is 10.8. The summed E-state index contributed by atoms with van der Waals surface area (Å²) in [5, 5.41) is 11.8. The molecule has 0 bridgehead atoms. The molecule has 172 valence electrons. The molecule has 1 aromatic heterocycles. The van der Waals surface area contributed by atoms with Gasteiger partial charge in [-0.05, 0) is 39.0 Å². The molecule has 1 aromatic carbocycles. The fourth-order valence-corrected chi connectivity index (χ4v) is 2.59. The van der Waals surface area contributed by atoms with Crippen LogP contribution in [0.1, 0.15) is 31.1 Å². The number of hydrogen-bond acceptors (Lipinski definition) is 11. The maximum atomic E-state index is 12.1. The van der Waals surface area contributed by atoms with Gasteiger partial charge in [0.15, 0.2) is 11.5 Å². The van der Waals surface area contributed by atoms with Crippen LogP contribution in [-0.2, 0) is 9.53 Å². The summed E-state index contributed by atoms with van der Waals surface area (Å²) >= 11 is 0. The number of anilines is 1. The molecule has 0 spiro atoms. The van der Waals surface area contributed by atoms with Crippen LogP contribution in [0.5, 0.6) is 17.4 Å². The molecular weight excluding hydrogens is 424 g/mol. The van der Waals surface area contributed by atoms with Gasteiger partial charge in [0.25, 0.3) is 5.91 Å². The first-order valence-electron chi connectivity index (χ1n) is 9.26. The van der Waals surface area contributed by atoms with E-state index in [1.807, 2.05) is 5.43 Å². The number of rotatable bonds is 8. The lowest BCUT2D eigenvalue weighted by atomic mass is 10.2. The second-order valence-electron chi connectivity index (χ2n) is 7.49. The standard InChI is InChI=1S/C19H24N6O7/c1-19(2,3)32-14(26)9-24(4)16-15(25(28)29)18(22-10-21-16)31-12-7-6-11(17(27)23-20)8-13(12)30-5/h6-8,10H,9,20H2,1-5H3,(H,23,27). The molecule has 0 saturated heterocycles.